The average molecular weight is 483 g/mol. The van der Waals surface area contributed by atoms with Crippen molar-refractivity contribution in [3.05, 3.63) is 53.6 Å². The van der Waals surface area contributed by atoms with Gasteiger partial charge in [-0.1, -0.05) is 18.2 Å². The van der Waals surface area contributed by atoms with Crippen molar-refractivity contribution >= 4 is 27.5 Å². The standard InChI is InChI=1S/C21H23F2N3O6S/c1-31-18-12-15(6-7-17(18)32-21(22)23)20(28)25-13-19(27)24-9-11-33(29,30)26-10-8-14-4-2-3-5-16(14)26/h2-7,12,21H,8-11,13H2,1H3,(H,24,27)(H,25,28). The number of hydrogen-bond donors (Lipinski definition) is 2. The van der Waals surface area contributed by atoms with Crippen molar-refractivity contribution in [3.63, 3.8) is 0 Å². The van der Waals surface area contributed by atoms with Gasteiger partial charge in [-0.05, 0) is 36.2 Å². The van der Waals surface area contributed by atoms with Crippen LogP contribution in [0.25, 0.3) is 0 Å². The minimum atomic E-state index is -3.61. The minimum Gasteiger partial charge on any atom is -0.493 e. The molecule has 9 nitrogen and oxygen atoms in total. The summed E-state index contributed by atoms with van der Waals surface area (Å²) in [6.45, 7) is -3.21. The monoisotopic (exact) mass is 483 g/mol. The highest BCUT2D eigenvalue weighted by Crippen LogP contribution is 2.30. The smallest absolute Gasteiger partial charge is 0.387 e. The molecular weight excluding hydrogens is 460 g/mol. The third-order valence-corrected chi connectivity index (χ3v) is 6.68. The Labute approximate surface area is 189 Å². The van der Waals surface area contributed by atoms with Gasteiger partial charge in [-0.15, -0.1) is 0 Å². The third kappa shape index (κ3) is 6.09. The first-order valence-electron chi connectivity index (χ1n) is 9.97. The molecule has 0 fully saturated rings. The highest BCUT2D eigenvalue weighted by molar-refractivity contribution is 7.92. The molecule has 1 aliphatic rings. The lowest BCUT2D eigenvalue weighted by molar-refractivity contribution is -0.120. The van der Waals surface area contributed by atoms with Gasteiger partial charge in [0, 0.05) is 18.7 Å². The number of methoxy groups -OCH3 is 1. The summed E-state index contributed by atoms with van der Waals surface area (Å²) >= 11 is 0. The maximum absolute atomic E-state index is 12.6. The van der Waals surface area contributed by atoms with Gasteiger partial charge >= 0.3 is 6.61 Å². The van der Waals surface area contributed by atoms with Crippen LogP contribution in [0.4, 0.5) is 14.5 Å². The first-order chi connectivity index (χ1) is 15.7. The fraction of sp³-hybridized carbons (Fsp3) is 0.333. The number of hydrogen-bond acceptors (Lipinski definition) is 6. The quantitative estimate of drug-likeness (QED) is 0.530. The van der Waals surface area contributed by atoms with E-state index in [1.54, 1.807) is 12.1 Å². The van der Waals surface area contributed by atoms with Crippen LogP contribution < -0.4 is 24.4 Å². The van der Waals surface area contributed by atoms with E-state index < -0.39 is 35.0 Å². The Morgan fingerprint density at radius 2 is 1.88 bits per heavy atom. The molecule has 3 rings (SSSR count). The van der Waals surface area contributed by atoms with Gasteiger partial charge in [0.1, 0.15) is 0 Å². The van der Waals surface area contributed by atoms with Crippen molar-refractivity contribution in [2.75, 3.05) is 36.8 Å². The van der Waals surface area contributed by atoms with Crippen LogP contribution in [0.2, 0.25) is 0 Å². The number of nitrogens with zero attached hydrogens (tertiary/aromatic N) is 1. The Morgan fingerprint density at radius 3 is 2.61 bits per heavy atom. The predicted molar refractivity (Wildman–Crippen MR) is 116 cm³/mol. The van der Waals surface area contributed by atoms with E-state index >= 15 is 0 Å². The van der Waals surface area contributed by atoms with E-state index in [0.717, 1.165) is 11.6 Å². The number of ether oxygens (including phenoxy) is 2. The minimum absolute atomic E-state index is 0.0662. The molecule has 12 heteroatoms. The van der Waals surface area contributed by atoms with Crippen LogP contribution >= 0.6 is 0 Å². The van der Waals surface area contributed by atoms with E-state index in [4.69, 9.17) is 4.74 Å². The summed E-state index contributed by atoms with van der Waals surface area (Å²) < 4.78 is 60.6. The van der Waals surface area contributed by atoms with Crippen LogP contribution in [0, 0.1) is 0 Å². The molecule has 0 spiro atoms. The number of para-hydroxylation sites is 1. The van der Waals surface area contributed by atoms with Gasteiger partial charge < -0.3 is 20.1 Å². The zero-order valence-corrected chi connectivity index (χ0v) is 18.5. The topological polar surface area (TPSA) is 114 Å². The normalized spacial score (nSPS) is 12.9. The summed E-state index contributed by atoms with van der Waals surface area (Å²) in [4.78, 5) is 24.3. The van der Waals surface area contributed by atoms with E-state index in [-0.39, 0.29) is 29.4 Å². The molecule has 0 unspecified atom stereocenters. The summed E-state index contributed by atoms with van der Waals surface area (Å²) in [7, 11) is -2.38. The fourth-order valence-corrected chi connectivity index (χ4v) is 4.78. The molecule has 1 heterocycles. The largest absolute Gasteiger partial charge is 0.493 e. The summed E-state index contributed by atoms with van der Waals surface area (Å²) in [6.07, 6.45) is 0.633. The van der Waals surface area contributed by atoms with E-state index in [2.05, 4.69) is 15.4 Å². The fourth-order valence-electron chi connectivity index (χ4n) is 3.35. The van der Waals surface area contributed by atoms with Crippen LogP contribution in [0.1, 0.15) is 15.9 Å². The Bertz CT molecular complexity index is 1130. The zero-order valence-electron chi connectivity index (χ0n) is 17.7. The number of rotatable bonds is 10. The molecule has 0 aromatic heterocycles. The summed E-state index contributed by atoms with van der Waals surface area (Å²) in [5, 5.41) is 4.83. The summed E-state index contributed by atoms with van der Waals surface area (Å²) in [6, 6.07) is 10.8. The van der Waals surface area contributed by atoms with Crippen molar-refractivity contribution in [2.24, 2.45) is 0 Å². The number of alkyl halides is 2. The van der Waals surface area contributed by atoms with Gasteiger partial charge in [-0.2, -0.15) is 8.78 Å². The van der Waals surface area contributed by atoms with Crippen molar-refractivity contribution in [2.45, 2.75) is 13.0 Å². The van der Waals surface area contributed by atoms with Crippen molar-refractivity contribution in [1.29, 1.82) is 0 Å². The molecule has 0 atom stereocenters. The van der Waals surface area contributed by atoms with E-state index in [9.17, 15) is 26.8 Å². The number of halogens is 2. The van der Waals surface area contributed by atoms with Gasteiger partial charge in [0.2, 0.25) is 15.9 Å². The van der Waals surface area contributed by atoms with Gasteiger partial charge in [-0.25, -0.2) is 8.42 Å². The predicted octanol–water partition coefficient (Wildman–Crippen LogP) is 1.54. The number of fused-ring (bicyclic) bond motifs is 1. The number of sulfonamides is 1. The number of benzene rings is 2. The Hall–Kier alpha value is -3.41. The average Bonchev–Trinajstić information content (AvgIpc) is 3.22. The van der Waals surface area contributed by atoms with Crippen LogP contribution in [0.3, 0.4) is 0 Å². The lowest BCUT2D eigenvalue weighted by atomic mass is 10.2. The first-order valence-corrected chi connectivity index (χ1v) is 11.6. The Kier molecular flexibility index (Phi) is 7.69. The lowest BCUT2D eigenvalue weighted by Gasteiger charge is -2.19. The summed E-state index contributed by atoms with van der Waals surface area (Å²) in [5.74, 6) is -1.81. The van der Waals surface area contributed by atoms with Crippen LogP contribution in [0.5, 0.6) is 11.5 Å². The molecule has 2 amide bonds. The molecule has 2 aromatic rings. The third-order valence-electron chi connectivity index (χ3n) is 4.91. The second-order valence-corrected chi connectivity index (χ2v) is 9.06. The van der Waals surface area contributed by atoms with Gasteiger partial charge in [-0.3, -0.25) is 13.9 Å². The Balaban J connectivity index is 1.47. The van der Waals surface area contributed by atoms with Gasteiger partial charge in [0.05, 0.1) is 25.1 Å². The van der Waals surface area contributed by atoms with Gasteiger partial charge in [0.15, 0.2) is 11.5 Å². The lowest BCUT2D eigenvalue weighted by Crippen LogP contribution is -2.41. The first kappa shape index (κ1) is 24.2. The van der Waals surface area contributed by atoms with E-state index in [0.29, 0.717) is 18.7 Å². The van der Waals surface area contributed by atoms with Gasteiger partial charge in [0.25, 0.3) is 5.91 Å². The maximum Gasteiger partial charge on any atom is 0.387 e. The van der Waals surface area contributed by atoms with Crippen LogP contribution in [0.15, 0.2) is 42.5 Å². The van der Waals surface area contributed by atoms with E-state index in [1.807, 2.05) is 12.1 Å². The molecule has 0 radical (unpaired) electrons. The number of carbonyl (C=O) groups is 2. The molecule has 2 aromatic carbocycles. The SMILES string of the molecule is COc1cc(C(=O)NCC(=O)NCCS(=O)(=O)N2CCc3ccccc32)ccc1OC(F)F. The second kappa shape index (κ2) is 10.5. The molecule has 1 aliphatic heterocycles. The molecule has 33 heavy (non-hydrogen) atoms. The van der Waals surface area contributed by atoms with E-state index in [1.165, 1.54) is 23.5 Å². The zero-order chi connectivity index (χ0) is 24.0. The number of amides is 2. The number of carbonyl (C=O) groups excluding carboxylic acids is 2. The maximum atomic E-state index is 12.6. The van der Waals surface area contributed by atoms with Crippen LogP contribution in [-0.4, -0.2) is 59.3 Å². The molecule has 2 N–H and O–H groups in total. The summed E-state index contributed by atoms with van der Waals surface area (Å²) in [5.41, 5.74) is 1.67. The van der Waals surface area contributed by atoms with Crippen molar-refractivity contribution in [1.82, 2.24) is 10.6 Å². The molecule has 178 valence electrons. The number of nitrogens with one attached hydrogen (secondary N) is 2. The van der Waals surface area contributed by atoms with Crippen LogP contribution in [-0.2, 0) is 21.2 Å². The Morgan fingerprint density at radius 1 is 1.12 bits per heavy atom. The number of anilines is 1. The molecular formula is C21H23F2N3O6S. The highest BCUT2D eigenvalue weighted by Gasteiger charge is 2.28. The van der Waals surface area contributed by atoms with Crippen molar-refractivity contribution < 1.29 is 36.3 Å². The van der Waals surface area contributed by atoms with Crippen molar-refractivity contribution in [3.8, 4) is 11.5 Å². The highest BCUT2D eigenvalue weighted by atomic mass is 32.2. The molecule has 0 saturated carbocycles. The molecule has 0 saturated heterocycles. The molecule has 0 aliphatic carbocycles. The molecule has 0 bridgehead atoms. The second-order valence-electron chi connectivity index (χ2n) is 7.04.